The molecule has 0 N–H and O–H groups in total. The molecule has 0 bridgehead atoms. The molecular formula is C18H13Cl4NO3. The summed E-state index contributed by atoms with van der Waals surface area (Å²) >= 11 is 24.0. The lowest BCUT2D eigenvalue weighted by Gasteiger charge is -2.17. The number of rotatable bonds is 6. The molecule has 2 aromatic rings. The quantitative estimate of drug-likeness (QED) is 0.435. The van der Waals surface area contributed by atoms with E-state index in [2.05, 4.69) is 0 Å². The minimum Gasteiger partial charge on any atom is -0.492 e. The van der Waals surface area contributed by atoms with Gasteiger partial charge in [-0.3, -0.25) is 9.59 Å². The van der Waals surface area contributed by atoms with Crippen LogP contribution in [-0.4, -0.2) is 24.8 Å². The Morgan fingerprint density at radius 2 is 1.65 bits per heavy atom. The van der Waals surface area contributed by atoms with Gasteiger partial charge < -0.3 is 9.64 Å². The van der Waals surface area contributed by atoms with Crippen molar-refractivity contribution < 1.29 is 14.3 Å². The van der Waals surface area contributed by atoms with Gasteiger partial charge in [0.2, 0.25) is 0 Å². The number of nitrogens with zero attached hydrogens (tertiary/aromatic N) is 1. The van der Waals surface area contributed by atoms with Crippen molar-refractivity contribution in [2.45, 2.75) is 12.8 Å². The van der Waals surface area contributed by atoms with Crippen LogP contribution in [0.3, 0.4) is 0 Å². The Bertz CT molecular complexity index is 885. The number of ether oxygens (including phenoxy) is 1. The Balaban J connectivity index is 1.58. The number of anilines is 1. The van der Waals surface area contributed by atoms with Gasteiger partial charge in [-0.2, -0.15) is 0 Å². The maximum atomic E-state index is 12.2. The van der Waals surface area contributed by atoms with E-state index in [1.165, 1.54) is 17.0 Å². The molecule has 0 fully saturated rings. The van der Waals surface area contributed by atoms with Gasteiger partial charge in [-0.05, 0) is 37.1 Å². The summed E-state index contributed by atoms with van der Waals surface area (Å²) in [6.45, 7) is 0.753. The summed E-state index contributed by atoms with van der Waals surface area (Å²) in [4.78, 5) is 25.7. The molecule has 1 aliphatic heterocycles. The average molecular weight is 433 g/mol. The van der Waals surface area contributed by atoms with E-state index >= 15 is 0 Å². The first-order chi connectivity index (χ1) is 12.4. The van der Waals surface area contributed by atoms with E-state index in [9.17, 15) is 9.59 Å². The number of carbonyl (C=O) groups is 2. The minimum atomic E-state index is -0.594. The summed E-state index contributed by atoms with van der Waals surface area (Å²) in [5, 5.41) is 1.63. The van der Waals surface area contributed by atoms with Gasteiger partial charge in [-0.25, -0.2) is 0 Å². The maximum Gasteiger partial charge on any atom is 0.299 e. The standard InChI is InChI=1S/C18H13Cl4NO3/c19-10-3-4-13(21)15(9-10)26-6-2-1-5-23-16-12(17(24)18(23)25)7-11(20)8-14(16)22/h3-4,7-9H,1-2,5-6H2. The monoisotopic (exact) mass is 431 g/mol. The molecule has 1 heterocycles. The highest BCUT2D eigenvalue weighted by Crippen LogP contribution is 2.38. The third-order valence-corrected chi connectivity index (χ3v) is 4.96. The maximum absolute atomic E-state index is 12.2. The predicted octanol–water partition coefficient (Wildman–Crippen LogP) is 5.69. The number of ketones is 1. The minimum absolute atomic E-state index is 0.245. The van der Waals surface area contributed by atoms with Gasteiger partial charge >= 0.3 is 0 Å². The Morgan fingerprint density at radius 3 is 2.42 bits per heavy atom. The van der Waals surface area contributed by atoms with Crippen molar-refractivity contribution in [3.8, 4) is 5.75 Å². The fourth-order valence-electron chi connectivity index (χ4n) is 2.71. The number of unbranched alkanes of at least 4 members (excludes halogenated alkanes) is 1. The van der Waals surface area contributed by atoms with Crippen molar-refractivity contribution in [3.05, 3.63) is 56.0 Å². The molecule has 0 saturated carbocycles. The zero-order valence-corrected chi connectivity index (χ0v) is 16.4. The van der Waals surface area contributed by atoms with Gasteiger partial charge in [0, 0.05) is 22.7 Å². The zero-order chi connectivity index (χ0) is 18.8. The summed E-state index contributed by atoms with van der Waals surface area (Å²) < 4.78 is 5.61. The van der Waals surface area contributed by atoms with E-state index in [-0.39, 0.29) is 10.6 Å². The number of carbonyl (C=O) groups excluding carboxylic acids is 2. The van der Waals surface area contributed by atoms with Crippen LogP contribution in [0.15, 0.2) is 30.3 Å². The van der Waals surface area contributed by atoms with Crippen LogP contribution in [0.1, 0.15) is 23.2 Å². The van der Waals surface area contributed by atoms with E-state index in [0.717, 1.165) is 0 Å². The van der Waals surface area contributed by atoms with Crippen LogP contribution in [-0.2, 0) is 4.79 Å². The molecule has 136 valence electrons. The first-order valence-corrected chi connectivity index (χ1v) is 9.33. The second-order valence-electron chi connectivity index (χ2n) is 5.70. The van der Waals surface area contributed by atoms with Gasteiger partial charge in [0.15, 0.2) is 0 Å². The molecule has 3 rings (SSSR count). The van der Waals surface area contributed by atoms with Crippen LogP contribution in [0, 0.1) is 0 Å². The zero-order valence-electron chi connectivity index (χ0n) is 13.4. The van der Waals surface area contributed by atoms with Crippen molar-refractivity contribution in [1.29, 1.82) is 0 Å². The summed E-state index contributed by atoms with van der Waals surface area (Å²) in [5.41, 5.74) is 0.666. The molecule has 0 unspecified atom stereocenters. The van der Waals surface area contributed by atoms with Gasteiger partial charge in [0.1, 0.15) is 5.75 Å². The van der Waals surface area contributed by atoms with E-state index in [4.69, 9.17) is 51.1 Å². The smallest absolute Gasteiger partial charge is 0.299 e. The van der Waals surface area contributed by atoms with Crippen LogP contribution in [0.25, 0.3) is 0 Å². The van der Waals surface area contributed by atoms with E-state index in [0.29, 0.717) is 52.5 Å². The first kappa shape index (κ1) is 19.3. The lowest BCUT2D eigenvalue weighted by Crippen LogP contribution is -2.31. The number of amides is 1. The third kappa shape index (κ3) is 3.94. The summed E-state index contributed by atoms with van der Waals surface area (Å²) in [7, 11) is 0. The van der Waals surface area contributed by atoms with E-state index < -0.39 is 11.7 Å². The Kier molecular flexibility index (Phi) is 5.98. The van der Waals surface area contributed by atoms with Crippen LogP contribution in [0.2, 0.25) is 20.1 Å². The molecule has 1 aliphatic rings. The van der Waals surface area contributed by atoms with Crippen molar-refractivity contribution in [1.82, 2.24) is 0 Å². The van der Waals surface area contributed by atoms with E-state index in [1.807, 2.05) is 0 Å². The number of Topliss-reactive ketones (excluding diaryl/α,β-unsaturated/α-hetero) is 1. The fraction of sp³-hybridized carbons (Fsp3) is 0.222. The number of hydrogen-bond donors (Lipinski definition) is 0. The lowest BCUT2D eigenvalue weighted by molar-refractivity contribution is -0.114. The molecule has 0 saturated heterocycles. The molecule has 4 nitrogen and oxygen atoms in total. The normalized spacial score (nSPS) is 13.3. The molecule has 0 radical (unpaired) electrons. The highest BCUT2D eigenvalue weighted by Gasteiger charge is 2.37. The number of halogens is 4. The second kappa shape index (κ2) is 8.05. The Hall–Kier alpha value is -1.46. The summed E-state index contributed by atoms with van der Waals surface area (Å²) in [6.07, 6.45) is 1.27. The van der Waals surface area contributed by atoms with Gasteiger partial charge in [-0.1, -0.05) is 46.4 Å². The Morgan fingerprint density at radius 1 is 0.885 bits per heavy atom. The molecule has 0 atom stereocenters. The van der Waals surface area contributed by atoms with Crippen molar-refractivity contribution in [2.24, 2.45) is 0 Å². The van der Waals surface area contributed by atoms with Crippen LogP contribution < -0.4 is 9.64 Å². The average Bonchev–Trinajstić information content (AvgIpc) is 2.82. The molecule has 2 aromatic carbocycles. The van der Waals surface area contributed by atoms with Crippen molar-refractivity contribution in [2.75, 3.05) is 18.1 Å². The topological polar surface area (TPSA) is 46.6 Å². The van der Waals surface area contributed by atoms with Crippen LogP contribution >= 0.6 is 46.4 Å². The largest absolute Gasteiger partial charge is 0.492 e. The van der Waals surface area contributed by atoms with Crippen LogP contribution in [0.4, 0.5) is 5.69 Å². The predicted molar refractivity (Wildman–Crippen MR) is 104 cm³/mol. The number of benzene rings is 2. The highest BCUT2D eigenvalue weighted by molar-refractivity contribution is 6.54. The fourth-order valence-corrected chi connectivity index (χ4v) is 3.64. The molecule has 1 amide bonds. The number of hydrogen-bond acceptors (Lipinski definition) is 3. The van der Waals surface area contributed by atoms with Crippen molar-refractivity contribution >= 4 is 63.8 Å². The molecule has 0 aromatic heterocycles. The summed E-state index contributed by atoms with van der Waals surface area (Å²) in [6, 6.07) is 7.97. The molecule has 0 aliphatic carbocycles. The van der Waals surface area contributed by atoms with Gasteiger partial charge in [-0.15, -0.1) is 0 Å². The lowest BCUT2D eigenvalue weighted by atomic mass is 10.1. The first-order valence-electron chi connectivity index (χ1n) is 7.81. The highest BCUT2D eigenvalue weighted by atomic mass is 35.5. The molecule has 0 spiro atoms. The Labute approximate surface area is 170 Å². The SMILES string of the molecule is O=C1C(=O)N(CCCCOc2cc(Cl)ccc2Cl)c2c(Cl)cc(Cl)cc21. The van der Waals surface area contributed by atoms with Crippen LogP contribution in [0.5, 0.6) is 5.75 Å². The number of fused-ring (bicyclic) bond motifs is 1. The molecule has 8 heteroatoms. The van der Waals surface area contributed by atoms with Gasteiger partial charge in [0.05, 0.1) is 27.9 Å². The van der Waals surface area contributed by atoms with Crippen molar-refractivity contribution in [3.63, 3.8) is 0 Å². The third-order valence-electron chi connectivity index (χ3n) is 3.91. The van der Waals surface area contributed by atoms with E-state index in [1.54, 1.807) is 18.2 Å². The summed E-state index contributed by atoms with van der Waals surface area (Å²) in [5.74, 6) is -0.677. The second-order valence-corrected chi connectivity index (χ2v) is 7.39. The molecule has 26 heavy (non-hydrogen) atoms. The van der Waals surface area contributed by atoms with Gasteiger partial charge in [0.25, 0.3) is 11.7 Å². The molecular weight excluding hydrogens is 420 g/mol.